The zero-order valence-corrected chi connectivity index (χ0v) is 37.0. The fourth-order valence-corrected chi connectivity index (χ4v) is 7.18. The van der Waals surface area contributed by atoms with E-state index in [9.17, 15) is 19.0 Å². The van der Waals surface area contributed by atoms with Crippen LogP contribution in [0.5, 0.6) is 0 Å². The number of phosphoric ester groups is 1. The molecule has 0 aliphatic heterocycles. The molecule has 0 radical (unpaired) electrons. The smallest absolute Gasteiger partial charge is 0.462 e. The Morgan fingerprint density at radius 3 is 1.46 bits per heavy atom. The van der Waals surface area contributed by atoms with Crippen molar-refractivity contribution in [2.75, 3.05) is 26.4 Å². The van der Waals surface area contributed by atoms with Gasteiger partial charge in [0.2, 0.25) is 0 Å². The molecule has 3 N–H and O–H groups in total. The van der Waals surface area contributed by atoms with Gasteiger partial charge in [-0.2, -0.15) is 0 Å². The molecule has 0 aromatic heterocycles. The first-order chi connectivity index (χ1) is 27.3. The van der Waals surface area contributed by atoms with E-state index in [0.717, 1.165) is 64.2 Å². The van der Waals surface area contributed by atoms with Gasteiger partial charge < -0.3 is 20.1 Å². The Kier molecular flexibility index (Phi) is 41.5. The maximum absolute atomic E-state index is 12.6. The van der Waals surface area contributed by atoms with Crippen LogP contribution in [0.2, 0.25) is 0 Å². The van der Waals surface area contributed by atoms with Gasteiger partial charge in [-0.15, -0.1) is 0 Å². The molecule has 2 atom stereocenters. The SMILES string of the molecule is CC/C=C/C/C=C/C/C=C/CCCCCCCC(=O)OC[C@H](COP(=O)(O)OCCN)OC(=O)CCCCCCCCCCCCCCCCCCCCCC. The van der Waals surface area contributed by atoms with Gasteiger partial charge in [0.15, 0.2) is 6.10 Å². The zero-order valence-electron chi connectivity index (χ0n) is 36.1. The molecule has 0 saturated heterocycles. The first kappa shape index (κ1) is 54.2. The third kappa shape index (κ3) is 41.9. The predicted octanol–water partition coefficient (Wildman–Crippen LogP) is 13.3. The molecular weight excluding hydrogens is 725 g/mol. The molecule has 0 aromatic rings. The Morgan fingerprint density at radius 1 is 0.554 bits per heavy atom. The Hall–Kier alpha value is -1.77. The van der Waals surface area contributed by atoms with Crippen molar-refractivity contribution < 1.29 is 37.6 Å². The van der Waals surface area contributed by atoms with Crippen molar-refractivity contribution in [2.24, 2.45) is 5.73 Å². The number of hydrogen-bond acceptors (Lipinski definition) is 8. The summed E-state index contributed by atoms with van der Waals surface area (Å²) in [5, 5.41) is 0. The van der Waals surface area contributed by atoms with Crippen molar-refractivity contribution in [3.05, 3.63) is 36.5 Å². The number of hydrogen-bond donors (Lipinski definition) is 2. The summed E-state index contributed by atoms with van der Waals surface area (Å²) in [6.45, 7) is 3.63. The van der Waals surface area contributed by atoms with Crippen LogP contribution in [0.25, 0.3) is 0 Å². The van der Waals surface area contributed by atoms with Crippen molar-refractivity contribution >= 4 is 19.8 Å². The quantitative estimate of drug-likeness (QED) is 0.0267. The lowest BCUT2D eigenvalue weighted by Crippen LogP contribution is -2.29. The van der Waals surface area contributed by atoms with Crippen LogP contribution >= 0.6 is 7.82 Å². The molecule has 1 unspecified atom stereocenters. The van der Waals surface area contributed by atoms with Crippen LogP contribution < -0.4 is 5.73 Å². The number of nitrogens with two attached hydrogens (primary N) is 1. The van der Waals surface area contributed by atoms with E-state index in [-0.39, 0.29) is 32.6 Å². The van der Waals surface area contributed by atoms with Gasteiger partial charge in [-0.25, -0.2) is 4.57 Å². The van der Waals surface area contributed by atoms with E-state index in [0.29, 0.717) is 12.8 Å². The first-order valence-electron chi connectivity index (χ1n) is 23.0. The second-order valence-electron chi connectivity index (χ2n) is 15.2. The number of phosphoric acid groups is 1. The van der Waals surface area contributed by atoms with Gasteiger partial charge in [0, 0.05) is 19.4 Å². The number of carbonyl (C=O) groups is 2. The standard InChI is InChI=1S/C46H86NO8P/c1-3-5-7-9-11-13-15-17-19-20-21-22-23-25-27-29-31-33-35-37-39-46(49)55-44(43-54-56(50,51)53-41-40-47)42-52-45(48)38-36-34-32-30-28-26-24-18-16-14-12-10-8-6-4-2/h6,8,12,14,18,24,44H,3-5,7,9-11,13,15-17,19-23,25-43,47H2,1-2H3,(H,50,51)/b8-6+,14-12+,24-18+/t44-/m1/s1. The number of carbonyl (C=O) groups excluding carboxylic acids is 2. The highest BCUT2D eigenvalue weighted by Crippen LogP contribution is 2.43. The van der Waals surface area contributed by atoms with Gasteiger partial charge >= 0.3 is 19.8 Å². The molecule has 10 heteroatoms. The third-order valence-electron chi connectivity index (χ3n) is 9.79. The highest BCUT2D eigenvalue weighted by Gasteiger charge is 2.26. The summed E-state index contributed by atoms with van der Waals surface area (Å²) in [5.41, 5.74) is 5.35. The summed E-state index contributed by atoms with van der Waals surface area (Å²) in [6, 6.07) is 0. The van der Waals surface area contributed by atoms with Gasteiger partial charge in [-0.05, 0) is 44.9 Å². The third-order valence-corrected chi connectivity index (χ3v) is 10.8. The van der Waals surface area contributed by atoms with E-state index in [4.69, 9.17) is 24.3 Å². The molecule has 0 bridgehead atoms. The number of rotatable bonds is 43. The Balaban J connectivity index is 4.09. The summed E-state index contributed by atoms with van der Waals surface area (Å²) in [6.07, 6.45) is 47.5. The van der Waals surface area contributed by atoms with E-state index in [2.05, 4.69) is 50.3 Å². The van der Waals surface area contributed by atoms with Crippen LogP contribution in [0.1, 0.15) is 213 Å². The van der Waals surface area contributed by atoms with Crippen molar-refractivity contribution in [1.82, 2.24) is 0 Å². The van der Waals surface area contributed by atoms with E-state index in [1.165, 1.54) is 109 Å². The van der Waals surface area contributed by atoms with Gasteiger partial charge in [-0.3, -0.25) is 18.6 Å². The van der Waals surface area contributed by atoms with Crippen LogP contribution in [-0.4, -0.2) is 49.3 Å². The Bertz CT molecular complexity index is 1020. The average molecular weight is 812 g/mol. The Labute approximate surface area is 344 Å². The van der Waals surface area contributed by atoms with Crippen molar-refractivity contribution in [3.8, 4) is 0 Å². The highest BCUT2D eigenvalue weighted by atomic mass is 31.2. The molecular formula is C46H86NO8P. The number of allylic oxidation sites excluding steroid dienone is 6. The average Bonchev–Trinajstić information content (AvgIpc) is 3.18. The first-order valence-corrected chi connectivity index (χ1v) is 24.5. The summed E-state index contributed by atoms with van der Waals surface area (Å²) in [4.78, 5) is 34.9. The largest absolute Gasteiger partial charge is 0.472 e. The molecule has 328 valence electrons. The molecule has 0 fully saturated rings. The monoisotopic (exact) mass is 812 g/mol. The maximum atomic E-state index is 12.6. The lowest BCUT2D eigenvalue weighted by atomic mass is 10.0. The summed E-state index contributed by atoms with van der Waals surface area (Å²) in [7, 11) is -4.38. The van der Waals surface area contributed by atoms with E-state index in [1.54, 1.807) is 0 Å². The molecule has 9 nitrogen and oxygen atoms in total. The molecule has 0 aliphatic rings. The van der Waals surface area contributed by atoms with E-state index >= 15 is 0 Å². The summed E-state index contributed by atoms with van der Waals surface area (Å²) >= 11 is 0. The minimum absolute atomic E-state index is 0.0515. The number of esters is 2. The van der Waals surface area contributed by atoms with Gasteiger partial charge in [0.05, 0.1) is 13.2 Å². The molecule has 0 amide bonds. The summed E-state index contributed by atoms with van der Waals surface area (Å²) < 4.78 is 32.8. The van der Waals surface area contributed by atoms with E-state index < -0.39 is 32.5 Å². The molecule has 0 rings (SSSR count). The minimum Gasteiger partial charge on any atom is -0.462 e. The molecule has 0 aromatic carbocycles. The fourth-order valence-electron chi connectivity index (χ4n) is 6.41. The van der Waals surface area contributed by atoms with Gasteiger partial charge in [0.25, 0.3) is 0 Å². The lowest BCUT2D eigenvalue weighted by Gasteiger charge is -2.19. The van der Waals surface area contributed by atoms with E-state index in [1.807, 2.05) is 0 Å². The topological polar surface area (TPSA) is 134 Å². The van der Waals surface area contributed by atoms with Crippen LogP contribution in [0.15, 0.2) is 36.5 Å². The van der Waals surface area contributed by atoms with Crippen molar-refractivity contribution in [1.29, 1.82) is 0 Å². The Morgan fingerprint density at radius 2 is 0.982 bits per heavy atom. The van der Waals surface area contributed by atoms with Crippen molar-refractivity contribution in [2.45, 2.75) is 219 Å². The predicted molar refractivity (Wildman–Crippen MR) is 234 cm³/mol. The highest BCUT2D eigenvalue weighted by molar-refractivity contribution is 7.47. The minimum atomic E-state index is -4.38. The zero-order chi connectivity index (χ0) is 41.1. The van der Waals surface area contributed by atoms with Crippen LogP contribution in [-0.2, 0) is 32.7 Å². The van der Waals surface area contributed by atoms with Crippen molar-refractivity contribution in [3.63, 3.8) is 0 Å². The lowest BCUT2D eigenvalue weighted by molar-refractivity contribution is -0.161. The second-order valence-corrected chi connectivity index (χ2v) is 16.7. The van der Waals surface area contributed by atoms with Crippen LogP contribution in [0, 0.1) is 0 Å². The number of unbranched alkanes of at least 4 members (excludes halogenated alkanes) is 24. The molecule has 0 saturated carbocycles. The fraction of sp³-hybridized carbons (Fsp3) is 0.826. The maximum Gasteiger partial charge on any atom is 0.472 e. The molecule has 56 heavy (non-hydrogen) atoms. The van der Waals surface area contributed by atoms with Crippen LogP contribution in [0.3, 0.4) is 0 Å². The van der Waals surface area contributed by atoms with Crippen LogP contribution in [0.4, 0.5) is 0 Å². The molecule has 0 aliphatic carbocycles. The summed E-state index contributed by atoms with van der Waals surface area (Å²) in [5.74, 6) is -0.841. The molecule has 0 spiro atoms. The number of ether oxygens (including phenoxy) is 2. The van der Waals surface area contributed by atoms with Gasteiger partial charge in [0.1, 0.15) is 6.61 Å². The van der Waals surface area contributed by atoms with Gasteiger partial charge in [-0.1, -0.05) is 192 Å². The molecule has 0 heterocycles. The normalized spacial score (nSPS) is 13.6. The second kappa shape index (κ2) is 42.8.